The lowest BCUT2D eigenvalue weighted by Crippen LogP contribution is -2.47. The Bertz CT molecular complexity index is 804. The number of rotatable bonds is 4. The fourth-order valence-electron chi connectivity index (χ4n) is 3.32. The number of hydrogen-bond acceptors (Lipinski definition) is 5. The Morgan fingerprint density at radius 3 is 2.96 bits per heavy atom. The number of hydrogen-bond donors (Lipinski definition) is 1. The Morgan fingerprint density at radius 1 is 1.40 bits per heavy atom. The number of carbonyl (C=O) groups is 1. The summed E-state index contributed by atoms with van der Waals surface area (Å²) >= 11 is 0. The van der Waals surface area contributed by atoms with Crippen LogP contribution in [0.15, 0.2) is 22.6 Å². The van der Waals surface area contributed by atoms with Gasteiger partial charge < -0.3 is 15.4 Å². The van der Waals surface area contributed by atoms with Crippen molar-refractivity contribution in [1.82, 2.24) is 4.90 Å². The summed E-state index contributed by atoms with van der Waals surface area (Å²) < 4.78 is 33.3. The molecule has 1 unspecified atom stereocenters. The second-order valence-electron chi connectivity index (χ2n) is 6.40. The van der Waals surface area contributed by atoms with Gasteiger partial charge in [0.2, 0.25) is 5.91 Å². The zero-order chi connectivity index (χ0) is 18.0. The van der Waals surface area contributed by atoms with Crippen LogP contribution in [0.5, 0.6) is 5.75 Å². The molecule has 136 valence electrons. The molecule has 1 atom stereocenters. The smallest absolute Gasteiger partial charge is 0.259 e. The third-order valence-corrected chi connectivity index (χ3v) is 5.59. The van der Waals surface area contributed by atoms with Crippen molar-refractivity contribution in [3.63, 3.8) is 0 Å². The van der Waals surface area contributed by atoms with Gasteiger partial charge in [0.25, 0.3) is 10.0 Å². The Labute approximate surface area is 147 Å². The summed E-state index contributed by atoms with van der Waals surface area (Å²) in [5.41, 5.74) is 6.98. The quantitative estimate of drug-likeness (QED) is 0.876. The van der Waals surface area contributed by atoms with E-state index in [4.69, 9.17) is 10.5 Å². The molecule has 0 saturated carbocycles. The molecule has 8 heteroatoms. The zero-order valence-electron chi connectivity index (χ0n) is 14.3. The van der Waals surface area contributed by atoms with E-state index >= 15 is 0 Å². The second-order valence-corrected chi connectivity index (χ2v) is 8.03. The summed E-state index contributed by atoms with van der Waals surface area (Å²) in [7, 11) is -3.58. The van der Waals surface area contributed by atoms with E-state index in [-0.39, 0.29) is 23.7 Å². The van der Waals surface area contributed by atoms with Crippen molar-refractivity contribution >= 4 is 21.8 Å². The highest BCUT2D eigenvalue weighted by atomic mass is 32.2. The van der Waals surface area contributed by atoms with Crippen LogP contribution in [0, 0.1) is 0 Å². The molecule has 1 aromatic carbocycles. The molecule has 3 rings (SSSR count). The molecular formula is C17H23N3O4S. The van der Waals surface area contributed by atoms with Gasteiger partial charge in [0.1, 0.15) is 11.6 Å². The summed E-state index contributed by atoms with van der Waals surface area (Å²) in [6.45, 7) is 2.65. The van der Waals surface area contributed by atoms with Crippen LogP contribution in [0.4, 0.5) is 0 Å². The van der Waals surface area contributed by atoms with Gasteiger partial charge in [-0.25, -0.2) is 8.42 Å². The standard InChI is InChI=1S/C17H23N3O4S/c1-2-6-14(21)20-10-4-3-9-15(20)24-13-8-5-7-12-11-25(22,23)19-17(18)16(12)13/h5,7-8,15H,2-4,6,9-11H2,1H3,(H2,18,19). The van der Waals surface area contributed by atoms with Crippen LogP contribution in [0.1, 0.15) is 50.2 Å². The third kappa shape index (κ3) is 3.78. The summed E-state index contributed by atoms with van der Waals surface area (Å²) in [4.78, 5) is 14.1. The van der Waals surface area contributed by atoms with Crippen LogP contribution < -0.4 is 10.5 Å². The minimum absolute atomic E-state index is 0.0564. The molecule has 0 bridgehead atoms. The van der Waals surface area contributed by atoms with E-state index in [0.717, 1.165) is 25.7 Å². The lowest BCUT2D eigenvalue weighted by atomic mass is 10.1. The molecule has 1 saturated heterocycles. The fraction of sp³-hybridized carbons (Fsp3) is 0.529. The number of amidine groups is 1. The normalized spacial score (nSPS) is 22.0. The van der Waals surface area contributed by atoms with Crippen molar-refractivity contribution in [1.29, 1.82) is 0 Å². The van der Waals surface area contributed by atoms with Gasteiger partial charge in [-0.1, -0.05) is 19.1 Å². The van der Waals surface area contributed by atoms with Crippen LogP contribution in [-0.2, 0) is 20.6 Å². The number of sulfonamides is 1. The fourth-order valence-corrected chi connectivity index (χ4v) is 4.41. The van der Waals surface area contributed by atoms with Gasteiger partial charge in [0.05, 0.1) is 11.3 Å². The molecule has 2 N–H and O–H groups in total. The van der Waals surface area contributed by atoms with Crippen molar-refractivity contribution in [3.8, 4) is 5.75 Å². The summed E-state index contributed by atoms with van der Waals surface area (Å²) in [6, 6.07) is 5.20. The zero-order valence-corrected chi connectivity index (χ0v) is 15.1. The van der Waals surface area contributed by atoms with Gasteiger partial charge in [-0.2, -0.15) is 0 Å². The first-order valence-electron chi connectivity index (χ1n) is 8.58. The van der Waals surface area contributed by atoms with Crippen molar-refractivity contribution in [2.75, 3.05) is 6.54 Å². The monoisotopic (exact) mass is 365 g/mol. The largest absolute Gasteiger partial charge is 0.470 e. The highest BCUT2D eigenvalue weighted by molar-refractivity contribution is 7.89. The maximum atomic E-state index is 12.4. The number of amides is 1. The Morgan fingerprint density at radius 2 is 2.20 bits per heavy atom. The highest BCUT2D eigenvalue weighted by Crippen LogP contribution is 2.31. The van der Waals surface area contributed by atoms with Gasteiger partial charge in [0.15, 0.2) is 6.23 Å². The van der Waals surface area contributed by atoms with Crippen LogP contribution >= 0.6 is 0 Å². The molecule has 1 aromatic rings. The van der Waals surface area contributed by atoms with Crippen molar-refractivity contribution in [3.05, 3.63) is 29.3 Å². The van der Waals surface area contributed by atoms with E-state index in [0.29, 0.717) is 29.8 Å². The molecule has 0 aliphatic carbocycles. The first kappa shape index (κ1) is 17.7. The lowest BCUT2D eigenvalue weighted by molar-refractivity contribution is -0.142. The van der Waals surface area contributed by atoms with E-state index < -0.39 is 10.0 Å². The number of ether oxygens (including phenoxy) is 1. The van der Waals surface area contributed by atoms with Crippen LogP contribution in [0.25, 0.3) is 0 Å². The predicted octanol–water partition coefficient (Wildman–Crippen LogP) is 1.75. The van der Waals surface area contributed by atoms with E-state index in [1.54, 1.807) is 23.1 Å². The number of benzene rings is 1. The molecule has 0 aromatic heterocycles. The molecule has 1 amide bonds. The number of nitrogens with zero attached hydrogens (tertiary/aromatic N) is 2. The van der Waals surface area contributed by atoms with Gasteiger partial charge in [-0.15, -0.1) is 4.40 Å². The molecule has 2 heterocycles. The topological polar surface area (TPSA) is 102 Å². The van der Waals surface area contributed by atoms with E-state index in [9.17, 15) is 13.2 Å². The average Bonchev–Trinajstić information content (AvgIpc) is 2.54. The first-order valence-corrected chi connectivity index (χ1v) is 10.2. The number of likely N-dealkylation sites (tertiary alicyclic amines) is 1. The van der Waals surface area contributed by atoms with Crippen molar-refractivity contribution < 1.29 is 17.9 Å². The summed E-state index contributed by atoms with van der Waals surface area (Å²) in [5, 5.41) is 0. The van der Waals surface area contributed by atoms with E-state index in [2.05, 4.69) is 4.40 Å². The number of piperidine rings is 1. The van der Waals surface area contributed by atoms with Crippen LogP contribution in [0.3, 0.4) is 0 Å². The molecule has 7 nitrogen and oxygen atoms in total. The van der Waals surface area contributed by atoms with Gasteiger partial charge in [0, 0.05) is 19.4 Å². The maximum absolute atomic E-state index is 12.4. The third-order valence-electron chi connectivity index (χ3n) is 4.44. The molecule has 1 fully saturated rings. The molecule has 2 aliphatic rings. The Kier molecular flexibility index (Phi) is 4.99. The molecule has 0 spiro atoms. The minimum Gasteiger partial charge on any atom is -0.470 e. The molecule has 25 heavy (non-hydrogen) atoms. The summed E-state index contributed by atoms with van der Waals surface area (Å²) in [6.07, 6.45) is 3.62. The van der Waals surface area contributed by atoms with Crippen molar-refractivity contribution in [2.45, 2.75) is 51.0 Å². The number of nitrogens with two attached hydrogens (primary N) is 1. The van der Waals surface area contributed by atoms with Crippen molar-refractivity contribution in [2.24, 2.45) is 10.1 Å². The second kappa shape index (κ2) is 7.03. The minimum atomic E-state index is -3.58. The Balaban J connectivity index is 1.89. The lowest BCUT2D eigenvalue weighted by Gasteiger charge is -2.36. The Hall–Kier alpha value is -2.09. The first-order chi connectivity index (χ1) is 11.9. The van der Waals surface area contributed by atoms with Gasteiger partial charge in [-0.3, -0.25) is 4.79 Å². The average molecular weight is 365 g/mol. The number of carbonyl (C=O) groups excluding carboxylic acids is 1. The SMILES string of the molecule is CCCC(=O)N1CCCCC1Oc1cccc2c1C(N)=NS(=O)(=O)C2. The summed E-state index contributed by atoms with van der Waals surface area (Å²) in [5.74, 6) is 0.318. The predicted molar refractivity (Wildman–Crippen MR) is 94.7 cm³/mol. The van der Waals surface area contributed by atoms with E-state index in [1.807, 2.05) is 6.92 Å². The molecule has 0 radical (unpaired) electrons. The van der Waals surface area contributed by atoms with Gasteiger partial charge in [-0.05, 0) is 30.9 Å². The molecule has 2 aliphatic heterocycles. The highest BCUT2D eigenvalue weighted by Gasteiger charge is 2.30. The maximum Gasteiger partial charge on any atom is 0.259 e. The van der Waals surface area contributed by atoms with Crippen LogP contribution in [0.2, 0.25) is 0 Å². The van der Waals surface area contributed by atoms with Crippen LogP contribution in [-0.4, -0.2) is 37.8 Å². The number of fused-ring (bicyclic) bond motifs is 1. The molecular weight excluding hydrogens is 342 g/mol. The van der Waals surface area contributed by atoms with Gasteiger partial charge >= 0.3 is 0 Å². The van der Waals surface area contributed by atoms with E-state index in [1.165, 1.54) is 0 Å².